The van der Waals surface area contributed by atoms with Crippen molar-refractivity contribution in [2.45, 2.75) is 25.8 Å². The molecule has 0 unspecified atom stereocenters. The number of benzene rings is 1. The molecule has 0 bridgehead atoms. The Morgan fingerprint density at radius 2 is 2.22 bits per heavy atom. The van der Waals surface area contributed by atoms with Gasteiger partial charge in [-0.1, -0.05) is 19.1 Å². The third-order valence-electron chi connectivity index (χ3n) is 4.48. The van der Waals surface area contributed by atoms with Gasteiger partial charge >= 0.3 is 0 Å². The Bertz CT molecular complexity index is 808. The molecule has 0 saturated carbocycles. The van der Waals surface area contributed by atoms with Crippen LogP contribution in [-0.4, -0.2) is 27.7 Å². The highest BCUT2D eigenvalue weighted by molar-refractivity contribution is 5.99. The highest BCUT2D eigenvalue weighted by atomic mass is 16.5. The molecule has 1 aromatic heterocycles. The molecule has 0 amide bonds. The Kier molecular flexibility index (Phi) is 3.18. The van der Waals surface area contributed by atoms with Crippen molar-refractivity contribution in [1.82, 2.24) is 14.8 Å². The van der Waals surface area contributed by atoms with E-state index in [0.717, 1.165) is 29.0 Å². The van der Waals surface area contributed by atoms with Gasteiger partial charge < -0.3 is 10.1 Å². The normalized spacial score (nSPS) is 23.1. The van der Waals surface area contributed by atoms with Crippen LogP contribution >= 0.6 is 0 Å². The van der Waals surface area contributed by atoms with Crippen molar-refractivity contribution in [1.29, 1.82) is 0 Å². The van der Waals surface area contributed by atoms with Gasteiger partial charge in [0.05, 0.1) is 7.11 Å². The zero-order valence-electron chi connectivity index (χ0n) is 13.1. The maximum absolute atomic E-state index is 12.7. The Morgan fingerprint density at radius 1 is 1.35 bits per heavy atom. The molecular formula is C17H18N4O2. The summed E-state index contributed by atoms with van der Waals surface area (Å²) in [5, 5.41) is 7.62. The van der Waals surface area contributed by atoms with Crippen molar-refractivity contribution in [3.63, 3.8) is 0 Å². The van der Waals surface area contributed by atoms with E-state index in [1.807, 2.05) is 24.3 Å². The average Bonchev–Trinajstić information content (AvgIpc) is 3.00. The molecule has 4 rings (SSSR count). The summed E-state index contributed by atoms with van der Waals surface area (Å²) in [7, 11) is 1.64. The van der Waals surface area contributed by atoms with Crippen LogP contribution in [0.5, 0.6) is 5.75 Å². The summed E-state index contributed by atoms with van der Waals surface area (Å²) >= 11 is 0. The van der Waals surface area contributed by atoms with Crippen molar-refractivity contribution < 1.29 is 9.53 Å². The first-order chi connectivity index (χ1) is 11.2. The quantitative estimate of drug-likeness (QED) is 0.923. The number of allylic oxidation sites excluding steroid dienone is 2. The number of rotatable bonds is 2. The Morgan fingerprint density at radius 3 is 3.04 bits per heavy atom. The minimum atomic E-state index is -0.251. The van der Waals surface area contributed by atoms with Crippen molar-refractivity contribution in [2.75, 3.05) is 12.4 Å². The van der Waals surface area contributed by atoms with Gasteiger partial charge in [0.1, 0.15) is 18.1 Å². The number of nitrogens with zero attached hydrogens (tertiary/aromatic N) is 3. The second-order valence-corrected chi connectivity index (χ2v) is 6.16. The number of hydrogen-bond acceptors (Lipinski definition) is 5. The van der Waals surface area contributed by atoms with E-state index in [0.29, 0.717) is 18.3 Å². The van der Waals surface area contributed by atoms with Crippen LogP contribution in [0.2, 0.25) is 0 Å². The van der Waals surface area contributed by atoms with Crippen LogP contribution in [0.25, 0.3) is 0 Å². The summed E-state index contributed by atoms with van der Waals surface area (Å²) in [5.74, 6) is 1.97. The van der Waals surface area contributed by atoms with E-state index in [1.165, 1.54) is 6.33 Å². The van der Waals surface area contributed by atoms with Crippen LogP contribution in [0.15, 0.2) is 41.9 Å². The van der Waals surface area contributed by atoms with Crippen LogP contribution in [0.4, 0.5) is 5.95 Å². The predicted octanol–water partition coefficient (Wildman–Crippen LogP) is 2.55. The Labute approximate surface area is 134 Å². The van der Waals surface area contributed by atoms with Crippen LogP contribution in [0.1, 0.15) is 31.4 Å². The molecule has 23 heavy (non-hydrogen) atoms. The molecule has 6 heteroatoms. The van der Waals surface area contributed by atoms with Crippen molar-refractivity contribution in [2.24, 2.45) is 5.92 Å². The van der Waals surface area contributed by atoms with E-state index >= 15 is 0 Å². The lowest BCUT2D eigenvalue weighted by Gasteiger charge is -2.34. The number of ketones is 1. The van der Waals surface area contributed by atoms with Gasteiger partial charge in [-0.3, -0.25) is 4.79 Å². The first-order valence-corrected chi connectivity index (χ1v) is 7.74. The SMILES string of the molecule is COc1cccc([C@@H]2C3=C(C[C@@H](C)CC3=O)Nc3ncnn32)c1. The number of carbonyl (C=O) groups is 1. The van der Waals surface area contributed by atoms with Gasteiger partial charge in [-0.2, -0.15) is 10.1 Å². The highest BCUT2D eigenvalue weighted by Gasteiger charge is 2.37. The Balaban J connectivity index is 1.89. The minimum absolute atomic E-state index is 0.181. The fourth-order valence-corrected chi connectivity index (χ4v) is 3.47. The molecule has 118 valence electrons. The first kappa shape index (κ1) is 14.0. The fraction of sp³-hybridized carbons (Fsp3) is 0.353. The molecule has 2 aromatic rings. The highest BCUT2D eigenvalue weighted by Crippen LogP contribution is 2.41. The molecule has 1 aliphatic heterocycles. The average molecular weight is 310 g/mol. The molecule has 6 nitrogen and oxygen atoms in total. The van der Waals surface area contributed by atoms with Crippen molar-refractivity contribution in [3.05, 3.63) is 47.4 Å². The van der Waals surface area contributed by atoms with Gasteiger partial charge in [-0.05, 0) is 30.0 Å². The van der Waals surface area contributed by atoms with Gasteiger partial charge in [0.25, 0.3) is 0 Å². The standard InChI is InChI=1S/C17H18N4O2/c1-10-6-13-15(14(22)7-10)16(21-17(20-13)18-9-19-21)11-4-3-5-12(8-11)23-2/h3-5,8-10,16H,6-7H2,1-2H3,(H,18,19,20)/t10-,16-/m1/s1. The lowest BCUT2D eigenvalue weighted by Crippen LogP contribution is -2.33. The summed E-state index contributed by atoms with van der Waals surface area (Å²) in [6.45, 7) is 2.10. The van der Waals surface area contributed by atoms with E-state index in [-0.39, 0.29) is 11.8 Å². The lowest BCUT2D eigenvalue weighted by atomic mass is 9.81. The first-order valence-electron chi connectivity index (χ1n) is 7.74. The van der Waals surface area contributed by atoms with Crippen molar-refractivity contribution in [3.8, 4) is 5.75 Å². The van der Waals surface area contributed by atoms with Gasteiger partial charge in [-0.25, -0.2) is 4.68 Å². The third kappa shape index (κ3) is 2.21. The van der Waals surface area contributed by atoms with Gasteiger partial charge in [0.15, 0.2) is 5.78 Å². The van der Waals surface area contributed by atoms with Crippen LogP contribution < -0.4 is 10.1 Å². The summed E-state index contributed by atoms with van der Waals surface area (Å²) in [5.41, 5.74) is 2.75. The summed E-state index contributed by atoms with van der Waals surface area (Å²) < 4.78 is 7.11. The number of methoxy groups -OCH3 is 1. The van der Waals surface area contributed by atoms with Gasteiger partial charge in [0.2, 0.25) is 5.95 Å². The zero-order valence-corrected chi connectivity index (χ0v) is 13.1. The second-order valence-electron chi connectivity index (χ2n) is 6.16. The van der Waals surface area contributed by atoms with Gasteiger partial charge in [-0.15, -0.1) is 0 Å². The molecule has 2 atom stereocenters. The molecule has 1 aliphatic carbocycles. The van der Waals surface area contributed by atoms with Crippen LogP contribution in [0.3, 0.4) is 0 Å². The number of hydrogen-bond donors (Lipinski definition) is 1. The number of fused-ring (bicyclic) bond motifs is 1. The molecule has 2 heterocycles. The maximum Gasteiger partial charge on any atom is 0.226 e. The second kappa shape index (κ2) is 5.22. The number of Topliss-reactive ketones (excluding diaryl/α,β-unsaturated/α-hetero) is 1. The number of ether oxygens (including phenoxy) is 1. The van der Waals surface area contributed by atoms with Gasteiger partial charge in [0, 0.05) is 17.7 Å². The number of nitrogens with one attached hydrogen (secondary N) is 1. The van der Waals surface area contributed by atoms with E-state index in [9.17, 15) is 4.79 Å². The molecule has 0 radical (unpaired) electrons. The monoisotopic (exact) mass is 310 g/mol. The maximum atomic E-state index is 12.7. The largest absolute Gasteiger partial charge is 0.497 e. The van der Waals surface area contributed by atoms with E-state index < -0.39 is 0 Å². The molecule has 2 aliphatic rings. The molecule has 0 spiro atoms. The summed E-state index contributed by atoms with van der Waals surface area (Å²) in [6, 6.07) is 7.53. The van der Waals surface area contributed by atoms with E-state index in [1.54, 1.807) is 11.8 Å². The molecule has 0 saturated heterocycles. The number of carbonyl (C=O) groups excluding carboxylic acids is 1. The van der Waals surface area contributed by atoms with Crippen LogP contribution in [0, 0.1) is 5.92 Å². The lowest BCUT2D eigenvalue weighted by molar-refractivity contribution is -0.117. The van der Waals surface area contributed by atoms with Crippen molar-refractivity contribution >= 4 is 11.7 Å². The summed E-state index contributed by atoms with van der Waals surface area (Å²) in [6.07, 6.45) is 2.95. The molecule has 0 fully saturated rings. The third-order valence-corrected chi connectivity index (χ3v) is 4.48. The van der Waals surface area contributed by atoms with Crippen LogP contribution in [-0.2, 0) is 4.79 Å². The predicted molar refractivity (Wildman–Crippen MR) is 85.2 cm³/mol. The summed E-state index contributed by atoms with van der Waals surface area (Å²) in [4.78, 5) is 17.0. The zero-order chi connectivity index (χ0) is 16.0. The number of aromatic nitrogens is 3. The van der Waals surface area contributed by atoms with E-state index in [4.69, 9.17) is 4.74 Å². The molecule has 1 aromatic carbocycles. The molecule has 1 N–H and O–H groups in total. The number of anilines is 1. The topological polar surface area (TPSA) is 69.0 Å². The minimum Gasteiger partial charge on any atom is -0.497 e. The fourth-order valence-electron chi connectivity index (χ4n) is 3.47. The smallest absolute Gasteiger partial charge is 0.226 e. The Hall–Kier alpha value is -2.63. The van der Waals surface area contributed by atoms with E-state index in [2.05, 4.69) is 22.3 Å². The molecular weight excluding hydrogens is 292 g/mol.